The molecule has 8 heteroatoms. The van der Waals surface area contributed by atoms with Crippen molar-refractivity contribution in [2.75, 3.05) is 19.7 Å². The molecule has 1 fully saturated rings. The van der Waals surface area contributed by atoms with E-state index in [4.69, 9.17) is 9.84 Å². The van der Waals surface area contributed by atoms with Crippen LogP contribution in [-0.2, 0) is 14.3 Å². The number of aliphatic hydroxyl groups is 1. The first kappa shape index (κ1) is 12.2. The fourth-order valence-corrected chi connectivity index (χ4v) is 1.02. The Hall–Kier alpha value is -0.860. The quantitative estimate of drug-likeness (QED) is 0.489. The highest BCUT2D eigenvalue weighted by molar-refractivity contribution is 5.75. The highest BCUT2D eigenvalue weighted by Crippen LogP contribution is 2.18. The molecule has 1 saturated heterocycles. The van der Waals surface area contributed by atoms with Crippen LogP contribution in [-0.4, -0.2) is 49.3 Å². The van der Waals surface area contributed by atoms with E-state index in [2.05, 4.69) is 10.1 Å². The average molecular weight is 229 g/mol. The molecular formula is C7H10F3NO4. The second-order valence-corrected chi connectivity index (χ2v) is 2.91. The third-order valence-electron chi connectivity index (χ3n) is 1.73. The molecule has 1 aliphatic rings. The predicted molar refractivity (Wildman–Crippen MR) is 40.8 cm³/mol. The van der Waals surface area contributed by atoms with Gasteiger partial charge >= 0.3 is 12.1 Å². The van der Waals surface area contributed by atoms with Gasteiger partial charge in [0.25, 0.3) is 0 Å². The fourth-order valence-electron chi connectivity index (χ4n) is 1.02. The van der Waals surface area contributed by atoms with Crippen LogP contribution in [0.3, 0.4) is 0 Å². The van der Waals surface area contributed by atoms with Crippen LogP contribution in [0.4, 0.5) is 13.2 Å². The van der Waals surface area contributed by atoms with Crippen LogP contribution >= 0.6 is 0 Å². The number of rotatable bonds is 2. The molecule has 5 nitrogen and oxygen atoms in total. The lowest BCUT2D eigenvalue weighted by atomic mass is 10.3. The molecule has 0 saturated carbocycles. The van der Waals surface area contributed by atoms with E-state index in [-0.39, 0.29) is 13.2 Å². The molecular weight excluding hydrogens is 219 g/mol. The second-order valence-electron chi connectivity index (χ2n) is 2.91. The summed E-state index contributed by atoms with van der Waals surface area (Å²) in [6.45, 7) is 0.911. The molecule has 15 heavy (non-hydrogen) atoms. The Bertz CT molecular complexity index is 227. The maximum atomic E-state index is 11.7. The third kappa shape index (κ3) is 3.65. The van der Waals surface area contributed by atoms with Crippen LogP contribution in [0.15, 0.2) is 0 Å². The number of carbonyl (C=O) groups is 1. The first-order chi connectivity index (χ1) is 6.91. The second kappa shape index (κ2) is 4.77. The normalized spacial score (nSPS) is 24.7. The number of hydrogen-bond donors (Lipinski definition) is 2. The number of morpholine rings is 1. The minimum absolute atomic E-state index is 0.131. The lowest BCUT2D eigenvalue weighted by molar-refractivity contribution is -0.235. The molecule has 0 aromatic rings. The summed E-state index contributed by atoms with van der Waals surface area (Å²) in [6, 6.07) is 0. The zero-order valence-electron chi connectivity index (χ0n) is 7.58. The van der Waals surface area contributed by atoms with Crippen molar-refractivity contribution in [1.82, 2.24) is 5.32 Å². The number of nitrogens with one attached hydrogen (secondary N) is 1. The van der Waals surface area contributed by atoms with Gasteiger partial charge in [-0.3, -0.25) is 0 Å². The van der Waals surface area contributed by atoms with Gasteiger partial charge in [0, 0.05) is 13.1 Å². The lowest BCUT2D eigenvalue weighted by Crippen LogP contribution is -2.47. The van der Waals surface area contributed by atoms with E-state index in [9.17, 15) is 18.0 Å². The van der Waals surface area contributed by atoms with Crippen molar-refractivity contribution >= 4 is 5.97 Å². The molecule has 0 aliphatic carbocycles. The van der Waals surface area contributed by atoms with E-state index in [0.717, 1.165) is 0 Å². The van der Waals surface area contributed by atoms with Crippen molar-refractivity contribution in [3.05, 3.63) is 0 Å². The number of hydrogen-bond acceptors (Lipinski definition) is 5. The van der Waals surface area contributed by atoms with Gasteiger partial charge in [-0.05, 0) is 0 Å². The molecule has 0 radical (unpaired) electrons. The number of alkyl halides is 3. The van der Waals surface area contributed by atoms with Gasteiger partial charge in [0.05, 0.1) is 6.61 Å². The SMILES string of the molecule is O=C(OC(O)C1CNCCO1)C(F)(F)F. The molecule has 1 aliphatic heterocycles. The molecule has 2 atom stereocenters. The molecule has 88 valence electrons. The number of carbonyl (C=O) groups excluding carboxylic acids is 1. The van der Waals surface area contributed by atoms with E-state index in [1.807, 2.05) is 0 Å². The number of esters is 1. The Labute approximate surface area is 83.2 Å². The number of halogens is 3. The van der Waals surface area contributed by atoms with E-state index in [1.54, 1.807) is 0 Å². The smallest absolute Gasteiger partial charge is 0.426 e. The van der Waals surface area contributed by atoms with E-state index >= 15 is 0 Å². The Kier molecular flexibility index (Phi) is 3.89. The van der Waals surface area contributed by atoms with Crippen molar-refractivity contribution in [2.45, 2.75) is 18.6 Å². The lowest BCUT2D eigenvalue weighted by Gasteiger charge is -2.27. The fraction of sp³-hybridized carbons (Fsp3) is 0.857. The van der Waals surface area contributed by atoms with E-state index in [0.29, 0.717) is 6.54 Å². The Morgan fingerprint density at radius 3 is 2.73 bits per heavy atom. The topological polar surface area (TPSA) is 67.8 Å². The Morgan fingerprint density at radius 1 is 1.60 bits per heavy atom. The average Bonchev–Trinajstić information content (AvgIpc) is 2.17. The maximum absolute atomic E-state index is 11.7. The van der Waals surface area contributed by atoms with Gasteiger partial charge in [-0.1, -0.05) is 0 Å². The van der Waals surface area contributed by atoms with Crippen molar-refractivity contribution in [1.29, 1.82) is 0 Å². The Morgan fingerprint density at radius 2 is 2.27 bits per heavy atom. The first-order valence-corrected chi connectivity index (χ1v) is 4.19. The summed E-state index contributed by atoms with van der Waals surface area (Å²) in [7, 11) is 0. The number of aliphatic hydroxyl groups excluding tert-OH is 1. The van der Waals surface area contributed by atoms with Crippen molar-refractivity contribution in [3.63, 3.8) is 0 Å². The molecule has 0 aromatic heterocycles. The molecule has 0 amide bonds. The predicted octanol–water partition coefficient (Wildman–Crippen LogP) is -0.601. The highest BCUT2D eigenvalue weighted by atomic mass is 19.4. The first-order valence-electron chi connectivity index (χ1n) is 4.19. The molecule has 0 bridgehead atoms. The summed E-state index contributed by atoms with van der Waals surface area (Å²) >= 11 is 0. The summed E-state index contributed by atoms with van der Waals surface area (Å²) < 4.78 is 43.9. The van der Waals surface area contributed by atoms with Crippen LogP contribution in [0.1, 0.15) is 0 Å². The van der Waals surface area contributed by atoms with Gasteiger partial charge in [0.2, 0.25) is 6.29 Å². The Balaban J connectivity index is 2.40. The maximum Gasteiger partial charge on any atom is 0.491 e. The van der Waals surface area contributed by atoms with E-state index < -0.39 is 24.5 Å². The molecule has 1 rings (SSSR count). The summed E-state index contributed by atoms with van der Waals surface area (Å²) in [5.74, 6) is -2.43. The van der Waals surface area contributed by atoms with E-state index in [1.165, 1.54) is 0 Å². The summed E-state index contributed by atoms with van der Waals surface area (Å²) in [6.07, 6.45) is -7.99. The van der Waals surface area contributed by atoms with Crippen LogP contribution in [0.5, 0.6) is 0 Å². The van der Waals surface area contributed by atoms with Crippen molar-refractivity contribution in [3.8, 4) is 0 Å². The van der Waals surface area contributed by atoms with Crippen molar-refractivity contribution < 1.29 is 32.5 Å². The molecule has 1 heterocycles. The van der Waals surface area contributed by atoms with Gasteiger partial charge in [0.15, 0.2) is 0 Å². The summed E-state index contributed by atoms with van der Waals surface area (Å²) in [5.41, 5.74) is 0. The largest absolute Gasteiger partial charge is 0.491 e. The van der Waals surface area contributed by atoms with Gasteiger partial charge in [-0.2, -0.15) is 13.2 Å². The molecule has 0 aromatic carbocycles. The number of ether oxygens (including phenoxy) is 2. The minimum atomic E-state index is -5.11. The van der Waals surface area contributed by atoms with Gasteiger partial charge in [-0.15, -0.1) is 0 Å². The zero-order valence-corrected chi connectivity index (χ0v) is 7.58. The van der Waals surface area contributed by atoms with Crippen LogP contribution in [0, 0.1) is 0 Å². The van der Waals surface area contributed by atoms with Gasteiger partial charge in [0.1, 0.15) is 6.10 Å². The van der Waals surface area contributed by atoms with Gasteiger partial charge < -0.3 is 19.9 Å². The third-order valence-corrected chi connectivity index (χ3v) is 1.73. The van der Waals surface area contributed by atoms with Gasteiger partial charge in [-0.25, -0.2) is 4.79 Å². The molecule has 0 spiro atoms. The highest BCUT2D eigenvalue weighted by Gasteiger charge is 2.43. The monoisotopic (exact) mass is 229 g/mol. The summed E-state index contributed by atoms with van der Waals surface area (Å²) in [4.78, 5) is 10.3. The minimum Gasteiger partial charge on any atom is -0.426 e. The molecule has 2 unspecified atom stereocenters. The molecule has 2 N–H and O–H groups in total. The van der Waals surface area contributed by atoms with Crippen LogP contribution < -0.4 is 5.32 Å². The zero-order chi connectivity index (χ0) is 11.5. The standard InChI is InChI=1S/C7H10F3NO4/c8-7(9,10)6(13)15-5(12)4-3-11-1-2-14-4/h4-5,11-12H,1-3H2. The van der Waals surface area contributed by atoms with Crippen LogP contribution in [0.2, 0.25) is 0 Å². The van der Waals surface area contributed by atoms with Crippen molar-refractivity contribution in [2.24, 2.45) is 0 Å². The van der Waals surface area contributed by atoms with Crippen LogP contribution in [0.25, 0.3) is 0 Å². The summed E-state index contributed by atoms with van der Waals surface area (Å²) in [5, 5.41) is 11.9.